The van der Waals surface area contributed by atoms with E-state index >= 15 is 0 Å². The molecule has 1 atom stereocenters. The van der Waals surface area contributed by atoms with Gasteiger partial charge in [0.2, 0.25) is 0 Å². The number of hydrogen-bond donors (Lipinski definition) is 2. The summed E-state index contributed by atoms with van der Waals surface area (Å²) in [6.07, 6.45) is 1.87. The van der Waals surface area contributed by atoms with E-state index < -0.39 is 10.2 Å². The minimum Gasteiger partial charge on any atom is -0.497 e. The summed E-state index contributed by atoms with van der Waals surface area (Å²) in [4.78, 5) is 0. The van der Waals surface area contributed by atoms with Crippen molar-refractivity contribution in [3.63, 3.8) is 0 Å². The number of hydrogen-bond acceptors (Lipinski definition) is 4. The molecule has 1 heterocycles. The van der Waals surface area contributed by atoms with Crippen molar-refractivity contribution in [2.45, 2.75) is 25.4 Å². The predicted octanol–water partition coefficient (Wildman–Crippen LogP) is 0.713. The second kappa shape index (κ2) is 7.22. The molecule has 7 heteroatoms. The first-order chi connectivity index (χ1) is 10.0. The first kappa shape index (κ1) is 16.2. The van der Waals surface area contributed by atoms with Crippen LogP contribution in [0.25, 0.3) is 0 Å². The lowest BCUT2D eigenvalue weighted by Crippen LogP contribution is -2.49. The van der Waals surface area contributed by atoms with E-state index in [1.54, 1.807) is 14.2 Å². The van der Waals surface area contributed by atoms with Gasteiger partial charge in [0.15, 0.2) is 0 Å². The Balaban J connectivity index is 1.98. The van der Waals surface area contributed by atoms with Crippen LogP contribution in [0.15, 0.2) is 24.3 Å². The van der Waals surface area contributed by atoms with E-state index in [1.165, 1.54) is 4.31 Å². The molecule has 1 saturated heterocycles. The van der Waals surface area contributed by atoms with Crippen LogP contribution in [0.4, 0.5) is 0 Å². The smallest absolute Gasteiger partial charge is 0.279 e. The van der Waals surface area contributed by atoms with Crippen LogP contribution in [0, 0.1) is 0 Å². The molecule has 0 spiro atoms. The third-order valence-corrected chi connectivity index (χ3v) is 5.14. The highest BCUT2D eigenvalue weighted by Crippen LogP contribution is 2.15. The molecule has 6 nitrogen and oxygen atoms in total. The van der Waals surface area contributed by atoms with Crippen LogP contribution in [0.2, 0.25) is 0 Å². The van der Waals surface area contributed by atoms with Crippen molar-refractivity contribution < 1.29 is 13.2 Å². The monoisotopic (exact) mass is 313 g/mol. The van der Waals surface area contributed by atoms with Crippen molar-refractivity contribution in [2.75, 3.05) is 27.2 Å². The van der Waals surface area contributed by atoms with E-state index in [2.05, 4.69) is 10.0 Å². The average Bonchev–Trinajstić information content (AvgIpc) is 2.48. The lowest BCUT2D eigenvalue weighted by Gasteiger charge is -2.26. The molecule has 0 radical (unpaired) electrons. The average molecular weight is 313 g/mol. The summed E-state index contributed by atoms with van der Waals surface area (Å²) in [6.45, 7) is 1.96. The summed E-state index contributed by atoms with van der Waals surface area (Å²) in [5.74, 6) is 0.725. The Bertz CT molecular complexity index is 556. The highest BCUT2D eigenvalue weighted by atomic mass is 32.2. The first-order valence-electron chi connectivity index (χ1n) is 7.08. The summed E-state index contributed by atoms with van der Waals surface area (Å²) in [7, 11) is -0.299. The molecule has 21 heavy (non-hydrogen) atoms. The summed E-state index contributed by atoms with van der Waals surface area (Å²) in [5.41, 5.74) is 0.893. The van der Waals surface area contributed by atoms with E-state index in [0.29, 0.717) is 13.1 Å². The topological polar surface area (TPSA) is 70.7 Å². The number of nitrogens with one attached hydrogen (secondary N) is 2. The van der Waals surface area contributed by atoms with Gasteiger partial charge in [-0.2, -0.15) is 17.4 Å². The van der Waals surface area contributed by atoms with Crippen molar-refractivity contribution in [3.05, 3.63) is 29.8 Å². The van der Waals surface area contributed by atoms with Crippen LogP contribution in [0.3, 0.4) is 0 Å². The number of rotatable bonds is 6. The molecule has 118 valence electrons. The van der Waals surface area contributed by atoms with Crippen LogP contribution in [0.5, 0.6) is 5.75 Å². The maximum Gasteiger partial charge on any atom is 0.279 e. The molecule has 1 aromatic rings. The zero-order chi connectivity index (χ0) is 15.3. The van der Waals surface area contributed by atoms with E-state index in [9.17, 15) is 8.42 Å². The Labute approximate surface area is 126 Å². The zero-order valence-electron chi connectivity index (χ0n) is 12.5. The molecule has 1 aromatic carbocycles. The molecule has 1 aliphatic rings. The first-order valence-corrected chi connectivity index (χ1v) is 8.52. The standard InChI is InChI=1S/C14H23N3O3S/c1-17(11-12-5-3-7-14(9-12)20-2)21(18,19)16-13-6-4-8-15-10-13/h3,5,7,9,13,15-16H,4,6,8,10-11H2,1-2H3. The molecule has 1 fully saturated rings. The molecular weight excluding hydrogens is 290 g/mol. The number of nitrogens with zero attached hydrogens (tertiary/aromatic N) is 1. The zero-order valence-corrected chi connectivity index (χ0v) is 13.3. The summed E-state index contributed by atoms with van der Waals surface area (Å²) < 4.78 is 33.9. The van der Waals surface area contributed by atoms with Gasteiger partial charge in [-0.05, 0) is 37.1 Å². The molecule has 1 aliphatic heterocycles. The Kier molecular flexibility index (Phi) is 5.58. The van der Waals surface area contributed by atoms with Crippen molar-refractivity contribution in [1.82, 2.24) is 14.3 Å². The Morgan fingerprint density at radius 1 is 1.48 bits per heavy atom. The Morgan fingerprint density at radius 3 is 2.95 bits per heavy atom. The minimum atomic E-state index is -3.48. The van der Waals surface area contributed by atoms with Crippen molar-refractivity contribution >= 4 is 10.2 Å². The highest BCUT2D eigenvalue weighted by Gasteiger charge is 2.23. The molecule has 0 aromatic heterocycles. The van der Waals surface area contributed by atoms with Crippen LogP contribution < -0.4 is 14.8 Å². The maximum atomic E-state index is 12.3. The number of piperidine rings is 1. The van der Waals surface area contributed by atoms with Gasteiger partial charge in [0.1, 0.15) is 5.75 Å². The summed E-state index contributed by atoms with van der Waals surface area (Å²) >= 11 is 0. The van der Waals surface area contributed by atoms with Gasteiger partial charge in [-0.1, -0.05) is 12.1 Å². The second-order valence-corrected chi connectivity index (χ2v) is 7.08. The number of ether oxygens (including phenoxy) is 1. The van der Waals surface area contributed by atoms with Gasteiger partial charge < -0.3 is 10.1 Å². The summed E-state index contributed by atoms with van der Waals surface area (Å²) in [6, 6.07) is 7.39. The van der Waals surface area contributed by atoms with Gasteiger partial charge in [0, 0.05) is 26.2 Å². The molecule has 1 unspecified atom stereocenters. The van der Waals surface area contributed by atoms with Crippen LogP contribution in [-0.2, 0) is 16.8 Å². The highest BCUT2D eigenvalue weighted by molar-refractivity contribution is 7.87. The molecule has 0 amide bonds. The van der Waals surface area contributed by atoms with Crippen molar-refractivity contribution in [3.8, 4) is 5.75 Å². The Morgan fingerprint density at radius 2 is 2.29 bits per heavy atom. The molecule has 0 aliphatic carbocycles. The van der Waals surface area contributed by atoms with E-state index in [0.717, 1.165) is 30.7 Å². The van der Waals surface area contributed by atoms with Gasteiger partial charge in [0.25, 0.3) is 10.2 Å². The van der Waals surface area contributed by atoms with Gasteiger partial charge in [0.05, 0.1) is 7.11 Å². The molecular formula is C14H23N3O3S. The molecule has 0 bridgehead atoms. The fraction of sp³-hybridized carbons (Fsp3) is 0.571. The quantitative estimate of drug-likeness (QED) is 0.811. The normalized spacial score (nSPS) is 19.7. The van der Waals surface area contributed by atoms with E-state index in [1.807, 2.05) is 24.3 Å². The Hall–Kier alpha value is -1.15. The van der Waals surface area contributed by atoms with Crippen molar-refractivity contribution in [1.29, 1.82) is 0 Å². The second-order valence-electron chi connectivity index (χ2n) is 5.27. The third-order valence-electron chi connectivity index (χ3n) is 3.56. The number of benzene rings is 1. The minimum absolute atomic E-state index is 0.0310. The van der Waals surface area contributed by atoms with Gasteiger partial charge in [-0.25, -0.2) is 0 Å². The maximum absolute atomic E-state index is 12.3. The third kappa shape index (κ3) is 4.67. The van der Waals surface area contributed by atoms with Gasteiger partial charge >= 0.3 is 0 Å². The van der Waals surface area contributed by atoms with E-state index in [4.69, 9.17) is 4.74 Å². The van der Waals surface area contributed by atoms with Crippen LogP contribution >= 0.6 is 0 Å². The fourth-order valence-electron chi connectivity index (χ4n) is 2.37. The largest absolute Gasteiger partial charge is 0.497 e. The lowest BCUT2D eigenvalue weighted by atomic mass is 10.1. The lowest BCUT2D eigenvalue weighted by molar-refractivity contribution is 0.399. The van der Waals surface area contributed by atoms with E-state index in [-0.39, 0.29) is 6.04 Å². The van der Waals surface area contributed by atoms with Gasteiger partial charge in [-0.15, -0.1) is 0 Å². The van der Waals surface area contributed by atoms with Gasteiger partial charge in [-0.3, -0.25) is 0 Å². The predicted molar refractivity (Wildman–Crippen MR) is 82.4 cm³/mol. The SMILES string of the molecule is COc1cccc(CN(C)S(=O)(=O)NC2CCCNC2)c1. The molecule has 0 saturated carbocycles. The summed E-state index contributed by atoms with van der Waals surface area (Å²) in [5, 5.41) is 3.20. The molecule has 2 rings (SSSR count). The van der Waals surface area contributed by atoms with Crippen LogP contribution in [-0.4, -0.2) is 46.0 Å². The van der Waals surface area contributed by atoms with Crippen LogP contribution in [0.1, 0.15) is 18.4 Å². The molecule has 2 N–H and O–H groups in total. The fourth-order valence-corrected chi connectivity index (χ4v) is 3.49. The number of methoxy groups -OCH3 is 1. The van der Waals surface area contributed by atoms with Crippen molar-refractivity contribution in [2.24, 2.45) is 0 Å².